The molecule has 1 atom stereocenters. The van der Waals surface area contributed by atoms with E-state index >= 15 is 0 Å². The molecule has 3 aromatic heterocycles. The molecule has 0 aliphatic carbocycles. The summed E-state index contributed by atoms with van der Waals surface area (Å²) >= 11 is 1.78. The summed E-state index contributed by atoms with van der Waals surface area (Å²) in [4.78, 5) is 23.5. The molecule has 1 saturated heterocycles. The number of anilines is 2. The third kappa shape index (κ3) is 4.20. The fraction of sp³-hybridized carbons (Fsp3) is 0.241. The topological polar surface area (TPSA) is 52.9 Å². The summed E-state index contributed by atoms with van der Waals surface area (Å²) in [6.45, 7) is 1.41. The van der Waals surface area contributed by atoms with Gasteiger partial charge in [-0.3, -0.25) is 0 Å². The van der Waals surface area contributed by atoms with E-state index in [-0.39, 0.29) is 11.9 Å². The number of nitrogens with one attached hydrogen (secondary N) is 1. The molecule has 182 valence electrons. The van der Waals surface area contributed by atoms with Gasteiger partial charge in [0.2, 0.25) is 0 Å². The molecule has 5 aromatic rings. The fourth-order valence-corrected chi connectivity index (χ4v) is 6.11. The van der Waals surface area contributed by atoms with Crippen LogP contribution in [0.15, 0.2) is 79.0 Å². The Kier molecular flexibility index (Phi) is 5.85. The van der Waals surface area contributed by atoms with E-state index in [1.54, 1.807) is 11.3 Å². The number of hydrogen-bond donors (Lipinski definition) is 1. The molecule has 2 aromatic carbocycles. The molecule has 0 saturated carbocycles. The van der Waals surface area contributed by atoms with Crippen LogP contribution in [0.4, 0.5) is 16.2 Å². The highest BCUT2D eigenvalue weighted by Crippen LogP contribution is 2.37. The Balaban J connectivity index is 1.26. The van der Waals surface area contributed by atoms with E-state index in [0.29, 0.717) is 6.54 Å². The zero-order valence-electron chi connectivity index (χ0n) is 20.5. The van der Waals surface area contributed by atoms with Crippen LogP contribution in [0.25, 0.3) is 26.2 Å². The first-order valence-corrected chi connectivity index (χ1v) is 13.2. The maximum absolute atomic E-state index is 13.1. The van der Waals surface area contributed by atoms with Crippen LogP contribution >= 0.6 is 11.3 Å². The van der Waals surface area contributed by atoms with Gasteiger partial charge in [-0.1, -0.05) is 24.3 Å². The number of aromatic nitrogens is 2. The highest BCUT2D eigenvalue weighted by Gasteiger charge is 2.29. The number of imidazole rings is 1. The number of carbonyl (C=O) groups is 1. The molecule has 4 heterocycles. The Morgan fingerprint density at radius 1 is 1.06 bits per heavy atom. The normalized spacial score (nSPS) is 15.9. The number of fused-ring (bicyclic) bond motifs is 2. The highest BCUT2D eigenvalue weighted by atomic mass is 32.1. The van der Waals surface area contributed by atoms with Crippen molar-refractivity contribution in [3.63, 3.8) is 0 Å². The molecule has 2 amide bonds. The van der Waals surface area contributed by atoms with Gasteiger partial charge in [0.25, 0.3) is 0 Å². The SMILES string of the molecule is CN(C)c1ccc(NC(=O)N2CCC[C@@H](c3nc(-c4cc5ccccc5s4)c4ccccn34)C2)cc1. The summed E-state index contributed by atoms with van der Waals surface area (Å²) in [6.07, 6.45) is 4.07. The molecule has 0 spiro atoms. The van der Waals surface area contributed by atoms with E-state index in [2.05, 4.69) is 64.4 Å². The van der Waals surface area contributed by atoms with Gasteiger partial charge in [-0.2, -0.15) is 0 Å². The summed E-state index contributed by atoms with van der Waals surface area (Å²) in [7, 11) is 4.01. The van der Waals surface area contributed by atoms with Crippen molar-refractivity contribution in [3.8, 4) is 10.6 Å². The molecule has 36 heavy (non-hydrogen) atoms. The summed E-state index contributed by atoms with van der Waals surface area (Å²) in [6, 6.07) is 24.9. The Morgan fingerprint density at radius 2 is 1.86 bits per heavy atom. The van der Waals surface area contributed by atoms with Crippen molar-refractivity contribution in [1.82, 2.24) is 14.3 Å². The lowest BCUT2D eigenvalue weighted by Gasteiger charge is -2.32. The third-order valence-corrected chi connectivity index (χ3v) is 8.07. The summed E-state index contributed by atoms with van der Waals surface area (Å²) in [5, 5.41) is 4.32. The minimum absolute atomic E-state index is 0.0529. The van der Waals surface area contributed by atoms with Crippen LogP contribution in [-0.4, -0.2) is 47.5 Å². The average molecular weight is 496 g/mol. The predicted octanol–water partition coefficient (Wildman–Crippen LogP) is 6.69. The van der Waals surface area contributed by atoms with Gasteiger partial charge < -0.3 is 19.5 Å². The minimum atomic E-state index is -0.0529. The second-order valence-electron chi connectivity index (χ2n) is 9.58. The number of benzene rings is 2. The largest absolute Gasteiger partial charge is 0.378 e. The van der Waals surface area contributed by atoms with E-state index in [1.165, 1.54) is 15.0 Å². The van der Waals surface area contributed by atoms with Crippen LogP contribution in [0.1, 0.15) is 24.6 Å². The number of thiophene rings is 1. The number of piperidine rings is 1. The Hall–Kier alpha value is -3.84. The lowest BCUT2D eigenvalue weighted by atomic mass is 9.97. The van der Waals surface area contributed by atoms with Crippen LogP contribution in [-0.2, 0) is 0 Å². The molecule has 1 aliphatic rings. The van der Waals surface area contributed by atoms with Crippen molar-refractivity contribution in [1.29, 1.82) is 0 Å². The predicted molar refractivity (Wildman–Crippen MR) is 149 cm³/mol. The van der Waals surface area contributed by atoms with E-state index in [4.69, 9.17) is 4.98 Å². The molecular weight excluding hydrogens is 466 g/mol. The number of hydrogen-bond acceptors (Lipinski definition) is 4. The van der Waals surface area contributed by atoms with Crippen LogP contribution in [0.5, 0.6) is 0 Å². The minimum Gasteiger partial charge on any atom is -0.378 e. The van der Waals surface area contributed by atoms with E-state index in [0.717, 1.165) is 47.8 Å². The summed E-state index contributed by atoms with van der Waals surface area (Å²) < 4.78 is 3.48. The van der Waals surface area contributed by atoms with Gasteiger partial charge in [0.1, 0.15) is 11.5 Å². The van der Waals surface area contributed by atoms with E-state index in [9.17, 15) is 4.79 Å². The maximum Gasteiger partial charge on any atom is 0.321 e. The second kappa shape index (κ2) is 9.32. The third-order valence-electron chi connectivity index (χ3n) is 6.94. The number of rotatable bonds is 4. The van der Waals surface area contributed by atoms with Crippen LogP contribution < -0.4 is 10.2 Å². The molecule has 6 rings (SSSR count). The highest BCUT2D eigenvalue weighted by molar-refractivity contribution is 7.22. The molecular formula is C29H29N5OS. The number of carbonyl (C=O) groups excluding carboxylic acids is 1. The van der Waals surface area contributed by atoms with Gasteiger partial charge in [-0.05, 0) is 66.8 Å². The lowest BCUT2D eigenvalue weighted by Crippen LogP contribution is -2.42. The number of likely N-dealkylation sites (tertiary alicyclic amines) is 1. The Morgan fingerprint density at radius 3 is 2.67 bits per heavy atom. The van der Waals surface area contributed by atoms with E-state index < -0.39 is 0 Å². The molecule has 6 nitrogen and oxygen atoms in total. The van der Waals surface area contributed by atoms with Gasteiger partial charge in [-0.15, -0.1) is 11.3 Å². The van der Waals surface area contributed by atoms with Crippen LogP contribution in [0.3, 0.4) is 0 Å². The van der Waals surface area contributed by atoms with Crippen molar-refractivity contribution < 1.29 is 4.79 Å². The Labute approximate surface area is 214 Å². The zero-order chi connectivity index (χ0) is 24.6. The maximum atomic E-state index is 13.1. The monoisotopic (exact) mass is 495 g/mol. The first-order chi connectivity index (χ1) is 17.6. The second-order valence-corrected chi connectivity index (χ2v) is 10.7. The first-order valence-electron chi connectivity index (χ1n) is 12.4. The van der Waals surface area contributed by atoms with E-state index in [1.807, 2.05) is 48.2 Å². The molecule has 7 heteroatoms. The van der Waals surface area contributed by atoms with Crippen molar-refractivity contribution in [3.05, 3.63) is 84.8 Å². The number of urea groups is 1. The quantitative estimate of drug-likeness (QED) is 0.302. The molecule has 0 bridgehead atoms. The van der Waals surface area contributed by atoms with Gasteiger partial charge >= 0.3 is 6.03 Å². The Bertz CT molecular complexity index is 1500. The zero-order valence-corrected chi connectivity index (χ0v) is 21.3. The van der Waals surface area contributed by atoms with Gasteiger partial charge in [0.15, 0.2) is 0 Å². The van der Waals surface area contributed by atoms with Gasteiger partial charge in [0.05, 0.1) is 10.4 Å². The van der Waals surface area contributed by atoms with Crippen molar-refractivity contribution in [2.45, 2.75) is 18.8 Å². The average Bonchev–Trinajstić information content (AvgIpc) is 3.51. The molecule has 1 N–H and O–H groups in total. The number of pyridine rings is 1. The van der Waals surface area contributed by atoms with Crippen LogP contribution in [0.2, 0.25) is 0 Å². The first kappa shape index (κ1) is 22.6. The summed E-state index contributed by atoms with van der Waals surface area (Å²) in [5.74, 6) is 1.21. The molecule has 1 fully saturated rings. The van der Waals surface area contributed by atoms with Crippen molar-refractivity contribution >= 4 is 44.3 Å². The van der Waals surface area contributed by atoms with Crippen molar-refractivity contribution in [2.24, 2.45) is 0 Å². The number of nitrogens with zero attached hydrogens (tertiary/aromatic N) is 4. The van der Waals surface area contributed by atoms with Gasteiger partial charge in [0, 0.05) is 55.4 Å². The molecule has 0 unspecified atom stereocenters. The molecule has 1 aliphatic heterocycles. The van der Waals surface area contributed by atoms with Crippen molar-refractivity contribution in [2.75, 3.05) is 37.4 Å². The lowest BCUT2D eigenvalue weighted by molar-refractivity contribution is 0.191. The van der Waals surface area contributed by atoms with Gasteiger partial charge in [-0.25, -0.2) is 9.78 Å². The number of amides is 2. The summed E-state index contributed by atoms with van der Waals surface area (Å²) in [5.41, 5.74) is 4.05. The molecule has 0 radical (unpaired) electrons. The standard InChI is InChI=1S/C29H29N5OS/c1-32(2)23-14-12-22(13-15-23)30-29(35)33-16-7-9-21(19-33)28-31-27(24-10-5-6-17-34(24)28)26-18-20-8-3-4-11-25(20)36-26/h3-6,8,10-15,17-18,21H,7,9,16,19H2,1-2H3,(H,30,35)/t21-/m1/s1. The smallest absolute Gasteiger partial charge is 0.321 e. The van der Waals surface area contributed by atoms with Crippen LogP contribution in [0, 0.1) is 0 Å². The fourth-order valence-electron chi connectivity index (χ4n) is 5.05.